The maximum absolute atomic E-state index is 11.7. The van der Waals surface area contributed by atoms with Crippen LogP contribution in [0.3, 0.4) is 0 Å². The minimum absolute atomic E-state index is 0.0549. The van der Waals surface area contributed by atoms with Crippen LogP contribution in [0.25, 0.3) is 0 Å². The standard InChI is InChI=1S/C13H18N2O2/c1-4-17-11-7-5-6-10(8-11)15-9-13(2,3)12(16)14-15/h5-8H,4,9H2,1-3H3,(H,14,16). The summed E-state index contributed by atoms with van der Waals surface area (Å²) < 4.78 is 5.45. The summed E-state index contributed by atoms with van der Waals surface area (Å²) in [4.78, 5) is 11.7. The number of carbonyl (C=O) groups is 1. The van der Waals surface area contributed by atoms with E-state index in [-0.39, 0.29) is 11.3 Å². The molecule has 1 aliphatic heterocycles. The number of hydrogen-bond donors (Lipinski definition) is 1. The molecule has 4 heteroatoms. The normalized spacial score (nSPS) is 18.1. The van der Waals surface area contributed by atoms with E-state index in [0.29, 0.717) is 13.2 Å². The van der Waals surface area contributed by atoms with Gasteiger partial charge in [-0.1, -0.05) is 6.07 Å². The lowest BCUT2D eigenvalue weighted by Gasteiger charge is -2.19. The highest BCUT2D eigenvalue weighted by molar-refractivity contribution is 5.87. The number of hydrazine groups is 1. The maximum Gasteiger partial charge on any atom is 0.246 e. The second-order valence-corrected chi connectivity index (χ2v) is 4.84. The Labute approximate surface area is 102 Å². The molecule has 1 amide bonds. The third-order valence-corrected chi connectivity index (χ3v) is 2.84. The van der Waals surface area contributed by atoms with Gasteiger partial charge in [0.2, 0.25) is 5.91 Å². The molecule has 0 saturated carbocycles. The van der Waals surface area contributed by atoms with Gasteiger partial charge in [-0.2, -0.15) is 0 Å². The van der Waals surface area contributed by atoms with Crippen molar-refractivity contribution in [3.05, 3.63) is 24.3 Å². The first-order valence-corrected chi connectivity index (χ1v) is 5.84. The van der Waals surface area contributed by atoms with E-state index in [0.717, 1.165) is 11.4 Å². The average molecular weight is 234 g/mol. The Morgan fingerprint density at radius 2 is 2.24 bits per heavy atom. The summed E-state index contributed by atoms with van der Waals surface area (Å²) in [5.41, 5.74) is 3.48. The molecule has 1 N–H and O–H groups in total. The number of ether oxygens (including phenoxy) is 1. The molecular formula is C13H18N2O2. The van der Waals surface area contributed by atoms with Gasteiger partial charge < -0.3 is 4.74 Å². The summed E-state index contributed by atoms with van der Waals surface area (Å²) in [5.74, 6) is 0.878. The molecule has 0 atom stereocenters. The summed E-state index contributed by atoms with van der Waals surface area (Å²) in [5, 5.41) is 1.87. The Bertz CT molecular complexity index is 429. The van der Waals surface area contributed by atoms with Crippen molar-refractivity contribution in [2.24, 2.45) is 5.41 Å². The van der Waals surface area contributed by atoms with Crippen molar-refractivity contribution >= 4 is 11.6 Å². The summed E-state index contributed by atoms with van der Waals surface area (Å²) in [6, 6.07) is 7.74. The van der Waals surface area contributed by atoms with Crippen LogP contribution in [0.1, 0.15) is 20.8 Å². The molecule has 2 rings (SSSR count). The fourth-order valence-corrected chi connectivity index (χ4v) is 1.84. The first kappa shape index (κ1) is 11.8. The van der Waals surface area contributed by atoms with Crippen molar-refractivity contribution in [1.82, 2.24) is 5.43 Å². The fourth-order valence-electron chi connectivity index (χ4n) is 1.84. The van der Waals surface area contributed by atoms with E-state index in [1.54, 1.807) is 0 Å². The Balaban J connectivity index is 2.18. The number of amides is 1. The third kappa shape index (κ3) is 2.35. The van der Waals surface area contributed by atoms with Gasteiger partial charge in [-0.05, 0) is 32.9 Å². The molecule has 4 nitrogen and oxygen atoms in total. The molecular weight excluding hydrogens is 216 g/mol. The number of rotatable bonds is 3. The predicted octanol–water partition coefficient (Wildman–Crippen LogP) is 1.96. The zero-order chi connectivity index (χ0) is 12.5. The number of carbonyl (C=O) groups excluding carboxylic acids is 1. The van der Waals surface area contributed by atoms with Crippen molar-refractivity contribution in [2.75, 3.05) is 18.2 Å². The zero-order valence-electron chi connectivity index (χ0n) is 10.5. The summed E-state index contributed by atoms with van der Waals surface area (Å²) in [6.45, 7) is 7.14. The molecule has 0 spiro atoms. The maximum atomic E-state index is 11.7. The van der Waals surface area contributed by atoms with Crippen molar-refractivity contribution < 1.29 is 9.53 Å². The van der Waals surface area contributed by atoms with Gasteiger partial charge in [0.25, 0.3) is 0 Å². The second-order valence-electron chi connectivity index (χ2n) is 4.84. The predicted molar refractivity (Wildman–Crippen MR) is 66.9 cm³/mol. The van der Waals surface area contributed by atoms with Crippen LogP contribution in [0.5, 0.6) is 5.75 Å². The van der Waals surface area contributed by atoms with Crippen LogP contribution in [-0.2, 0) is 4.79 Å². The van der Waals surface area contributed by atoms with Crippen LogP contribution >= 0.6 is 0 Å². The SMILES string of the molecule is CCOc1cccc(N2CC(C)(C)C(=O)N2)c1. The average Bonchev–Trinajstić information content (AvgIpc) is 2.55. The molecule has 92 valence electrons. The lowest BCUT2D eigenvalue weighted by molar-refractivity contribution is -0.125. The molecule has 17 heavy (non-hydrogen) atoms. The van der Waals surface area contributed by atoms with E-state index in [4.69, 9.17) is 4.74 Å². The number of anilines is 1. The first-order valence-electron chi connectivity index (χ1n) is 5.84. The highest BCUT2D eigenvalue weighted by Crippen LogP contribution is 2.28. The minimum atomic E-state index is -0.346. The monoisotopic (exact) mass is 234 g/mol. The van der Waals surface area contributed by atoms with E-state index >= 15 is 0 Å². The Kier molecular flexibility index (Phi) is 2.96. The van der Waals surface area contributed by atoms with Crippen LogP contribution in [0.4, 0.5) is 5.69 Å². The number of nitrogens with one attached hydrogen (secondary N) is 1. The van der Waals surface area contributed by atoms with Crippen molar-refractivity contribution in [1.29, 1.82) is 0 Å². The minimum Gasteiger partial charge on any atom is -0.494 e. The second kappa shape index (κ2) is 4.28. The van der Waals surface area contributed by atoms with E-state index in [9.17, 15) is 4.79 Å². The van der Waals surface area contributed by atoms with Gasteiger partial charge in [0.1, 0.15) is 5.75 Å². The van der Waals surface area contributed by atoms with Crippen molar-refractivity contribution in [3.63, 3.8) is 0 Å². The summed E-state index contributed by atoms with van der Waals surface area (Å²) in [6.07, 6.45) is 0. The van der Waals surface area contributed by atoms with Crippen molar-refractivity contribution in [2.45, 2.75) is 20.8 Å². The van der Waals surface area contributed by atoms with E-state index in [1.807, 2.05) is 50.0 Å². The molecule has 1 aliphatic rings. The fraction of sp³-hybridized carbons (Fsp3) is 0.462. The van der Waals surface area contributed by atoms with E-state index in [2.05, 4.69) is 5.43 Å². The Hall–Kier alpha value is -1.71. The third-order valence-electron chi connectivity index (χ3n) is 2.84. The molecule has 0 radical (unpaired) electrons. The van der Waals surface area contributed by atoms with Crippen LogP contribution < -0.4 is 15.2 Å². The molecule has 1 fully saturated rings. The van der Waals surface area contributed by atoms with Crippen molar-refractivity contribution in [3.8, 4) is 5.75 Å². The largest absolute Gasteiger partial charge is 0.494 e. The van der Waals surface area contributed by atoms with Gasteiger partial charge in [0, 0.05) is 6.07 Å². The highest BCUT2D eigenvalue weighted by atomic mass is 16.5. The van der Waals surface area contributed by atoms with Crippen LogP contribution in [-0.4, -0.2) is 19.1 Å². The van der Waals surface area contributed by atoms with Gasteiger partial charge in [-0.15, -0.1) is 0 Å². The smallest absolute Gasteiger partial charge is 0.246 e. The lowest BCUT2D eigenvalue weighted by Crippen LogP contribution is -2.33. The Morgan fingerprint density at radius 1 is 1.47 bits per heavy atom. The molecule has 1 heterocycles. The molecule has 0 aromatic heterocycles. The quantitative estimate of drug-likeness (QED) is 0.869. The Morgan fingerprint density at radius 3 is 2.82 bits per heavy atom. The van der Waals surface area contributed by atoms with E-state index in [1.165, 1.54) is 0 Å². The summed E-state index contributed by atoms with van der Waals surface area (Å²) in [7, 11) is 0. The number of benzene rings is 1. The number of nitrogens with zero attached hydrogens (tertiary/aromatic N) is 1. The molecule has 0 unspecified atom stereocenters. The van der Waals surface area contributed by atoms with Gasteiger partial charge in [-0.3, -0.25) is 15.2 Å². The molecule has 1 saturated heterocycles. The highest BCUT2D eigenvalue weighted by Gasteiger charge is 2.38. The molecule has 0 bridgehead atoms. The van der Waals surface area contributed by atoms with Gasteiger partial charge in [0.05, 0.1) is 24.3 Å². The van der Waals surface area contributed by atoms with Gasteiger partial charge >= 0.3 is 0 Å². The molecule has 1 aromatic rings. The van der Waals surface area contributed by atoms with Gasteiger partial charge in [-0.25, -0.2) is 0 Å². The van der Waals surface area contributed by atoms with Crippen LogP contribution in [0, 0.1) is 5.41 Å². The van der Waals surface area contributed by atoms with E-state index < -0.39 is 0 Å². The molecule has 1 aromatic carbocycles. The molecule has 0 aliphatic carbocycles. The topological polar surface area (TPSA) is 41.6 Å². The lowest BCUT2D eigenvalue weighted by atomic mass is 9.94. The van der Waals surface area contributed by atoms with Crippen LogP contribution in [0.15, 0.2) is 24.3 Å². The zero-order valence-corrected chi connectivity index (χ0v) is 10.5. The summed E-state index contributed by atoms with van der Waals surface area (Å²) >= 11 is 0. The number of hydrogen-bond acceptors (Lipinski definition) is 3. The van der Waals surface area contributed by atoms with Gasteiger partial charge in [0.15, 0.2) is 0 Å². The van der Waals surface area contributed by atoms with Crippen LogP contribution in [0.2, 0.25) is 0 Å². The first-order chi connectivity index (χ1) is 8.03.